The summed E-state index contributed by atoms with van der Waals surface area (Å²) in [4.78, 5) is 11.9. The van der Waals surface area contributed by atoms with Crippen molar-refractivity contribution in [1.82, 2.24) is 0 Å². The lowest BCUT2D eigenvalue weighted by Crippen LogP contribution is -2.58. The fourth-order valence-corrected chi connectivity index (χ4v) is 7.72. The summed E-state index contributed by atoms with van der Waals surface area (Å²) in [5.41, 5.74) is 0. The van der Waals surface area contributed by atoms with Crippen molar-refractivity contribution in [1.29, 1.82) is 0 Å². The van der Waals surface area contributed by atoms with E-state index < -0.39 is 26.0 Å². The molecule has 0 N–H and O–H groups in total. The lowest BCUT2D eigenvalue weighted by Gasteiger charge is -2.48. The Labute approximate surface area is 245 Å². The molecular formula is C31H61NO7P+. The second kappa shape index (κ2) is 18.9. The average molecular weight is 591 g/mol. The monoisotopic (exact) mass is 590 g/mol. The molecule has 0 radical (unpaired) electrons. The Morgan fingerprint density at radius 3 is 1.98 bits per heavy atom. The van der Waals surface area contributed by atoms with Crippen LogP contribution in [0.25, 0.3) is 0 Å². The number of esters is 1. The van der Waals surface area contributed by atoms with Crippen molar-refractivity contribution in [3.63, 3.8) is 0 Å². The van der Waals surface area contributed by atoms with E-state index in [9.17, 15) is 9.36 Å². The number of nitrogens with zero attached hydrogens (tertiary/aromatic N) is 1. The number of fused-ring (bicyclic) bond motifs is 2. The number of likely N-dealkylation sites (tertiary alicyclic amines) is 1. The largest absolute Gasteiger partial charge is 0.480 e. The topological polar surface area (TPSA) is 80.3 Å². The van der Waals surface area contributed by atoms with Crippen LogP contribution in [0.4, 0.5) is 0 Å². The quantitative estimate of drug-likeness (QED) is 0.0544. The second-order valence-corrected chi connectivity index (χ2v) is 14.4. The standard InChI is InChI=1S/C31H61NO7P/c1-7-8-9-10-11-12-13-14-15-16-17-18-19-20-23-35-25-29(36-27(4)33)31(26(2)3)39-40(34)37-28-21-22-32(5,6)30(24-28)38-40/h26,28-31H,7-25H2,1-6H3/q+1. The van der Waals surface area contributed by atoms with Crippen LogP contribution in [0.1, 0.15) is 130 Å². The molecule has 40 heavy (non-hydrogen) atoms. The van der Waals surface area contributed by atoms with Gasteiger partial charge in [-0.1, -0.05) is 104 Å². The molecule has 5 unspecified atom stereocenters. The third-order valence-corrected chi connectivity index (χ3v) is 9.88. The Hall–Kier alpha value is -0.500. The molecule has 9 heteroatoms. The molecule has 236 valence electrons. The van der Waals surface area contributed by atoms with Crippen LogP contribution in [0.2, 0.25) is 0 Å². The van der Waals surface area contributed by atoms with E-state index in [0.717, 1.165) is 25.8 Å². The summed E-state index contributed by atoms with van der Waals surface area (Å²) in [5, 5.41) is 0. The van der Waals surface area contributed by atoms with Crippen LogP contribution < -0.4 is 0 Å². The molecule has 0 spiro atoms. The predicted octanol–water partition coefficient (Wildman–Crippen LogP) is 8.18. The number of hydrogen-bond acceptors (Lipinski definition) is 7. The summed E-state index contributed by atoms with van der Waals surface area (Å²) in [6, 6.07) is 0. The number of phosphoric acid groups is 1. The van der Waals surface area contributed by atoms with E-state index in [1.54, 1.807) is 0 Å². The maximum absolute atomic E-state index is 13.6. The van der Waals surface area contributed by atoms with E-state index in [4.69, 9.17) is 23.0 Å². The molecule has 2 heterocycles. The number of ether oxygens (including phenoxy) is 2. The Balaban J connectivity index is 1.66. The molecule has 0 saturated carbocycles. The third-order valence-electron chi connectivity index (χ3n) is 8.32. The zero-order valence-electron chi connectivity index (χ0n) is 26.6. The predicted molar refractivity (Wildman–Crippen MR) is 160 cm³/mol. The van der Waals surface area contributed by atoms with Gasteiger partial charge in [-0.2, -0.15) is 0 Å². The Kier molecular flexibility index (Phi) is 16.9. The highest BCUT2D eigenvalue weighted by Crippen LogP contribution is 2.59. The molecule has 0 aromatic carbocycles. The van der Waals surface area contributed by atoms with Crippen molar-refractivity contribution < 1.29 is 36.9 Å². The maximum Gasteiger partial charge on any atom is 0.480 e. The molecule has 2 bridgehead atoms. The normalized spacial score (nSPS) is 25.6. The minimum atomic E-state index is -3.82. The van der Waals surface area contributed by atoms with Gasteiger partial charge in [0.1, 0.15) is 6.10 Å². The first-order chi connectivity index (χ1) is 19.1. The fraction of sp³-hybridized carbons (Fsp3) is 0.968. The molecule has 0 aromatic heterocycles. The summed E-state index contributed by atoms with van der Waals surface area (Å²) in [7, 11) is 0.329. The van der Waals surface area contributed by atoms with Gasteiger partial charge in [0.15, 0.2) is 6.10 Å². The van der Waals surface area contributed by atoms with Crippen LogP contribution in [0, 0.1) is 5.92 Å². The number of rotatable bonds is 22. The van der Waals surface area contributed by atoms with Gasteiger partial charge in [0.25, 0.3) is 0 Å². The number of piperidine rings is 1. The van der Waals surface area contributed by atoms with Crippen molar-refractivity contribution in [3.05, 3.63) is 0 Å². The first-order valence-corrected chi connectivity index (χ1v) is 17.7. The molecule has 2 aliphatic rings. The highest BCUT2D eigenvalue weighted by atomic mass is 31.2. The number of phosphoric ester groups is 1. The number of carbonyl (C=O) groups is 1. The number of quaternary nitrogens is 1. The van der Waals surface area contributed by atoms with Crippen molar-refractivity contribution in [3.8, 4) is 0 Å². The fourth-order valence-electron chi connectivity index (χ4n) is 5.70. The highest BCUT2D eigenvalue weighted by molar-refractivity contribution is 7.48. The van der Waals surface area contributed by atoms with E-state index in [1.807, 2.05) is 13.8 Å². The van der Waals surface area contributed by atoms with Gasteiger partial charge in [0.05, 0.1) is 39.8 Å². The van der Waals surface area contributed by atoms with Crippen LogP contribution in [0.5, 0.6) is 0 Å². The zero-order chi connectivity index (χ0) is 29.4. The van der Waals surface area contributed by atoms with Gasteiger partial charge in [-0.05, 0) is 12.3 Å². The minimum Gasteiger partial charge on any atom is -0.457 e. The summed E-state index contributed by atoms with van der Waals surface area (Å²) in [6.45, 7) is 9.23. The van der Waals surface area contributed by atoms with Crippen molar-refractivity contribution in [2.45, 2.75) is 155 Å². The molecule has 2 aliphatic heterocycles. The lowest BCUT2D eigenvalue weighted by atomic mass is 10.0. The average Bonchev–Trinajstić information content (AvgIpc) is 2.88. The zero-order valence-corrected chi connectivity index (χ0v) is 27.5. The van der Waals surface area contributed by atoms with Crippen LogP contribution in [0.3, 0.4) is 0 Å². The Morgan fingerprint density at radius 2 is 1.45 bits per heavy atom. The van der Waals surface area contributed by atoms with E-state index in [2.05, 4.69) is 21.0 Å². The smallest absolute Gasteiger partial charge is 0.457 e. The maximum atomic E-state index is 13.6. The van der Waals surface area contributed by atoms with Gasteiger partial charge in [-0.15, -0.1) is 0 Å². The highest BCUT2D eigenvalue weighted by Gasteiger charge is 2.52. The first kappa shape index (κ1) is 35.7. The molecule has 2 fully saturated rings. The molecule has 0 amide bonds. The van der Waals surface area contributed by atoms with E-state index >= 15 is 0 Å². The number of unbranched alkanes of at least 4 members (excludes halogenated alkanes) is 13. The van der Waals surface area contributed by atoms with Crippen LogP contribution in [-0.2, 0) is 32.4 Å². The summed E-state index contributed by atoms with van der Waals surface area (Å²) in [5.74, 6) is -0.505. The Bertz CT molecular complexity index is 747. The van der Waals surface area contributed by atoms with Gasteiger partial charge >= 0.3 is 13.8 Å². The van der Waals surface area contributed by atoms with Gasteiger partial charge in [-0.3, -0.25) is 13.8 Å². The minimum absolute atomic E-state index is 0.0868. The van der Waals surface area contributed by atoms with Gasteiger partial charge in [-0.25, -0.2) is 9.09 Å². The molecule has 2 saturated heterocycles. The number of hydrogen-bond donors (Lipinski definition) is 0. The van der Waals surface area contributed by atoms with Crippen molar-refractivity contribution >= 4 is 13.8 Å². The van der Waals surface area contributed by atoms with E-state index in [1.165, 1.54) is 84.0 Å². The van der Waals surface area contributed by atoms with Crippen LogP contribution >= 0.6 is 7.82 Å². The van der Waals surface area contributed by atoms with Crippen LogP contribution in [-0.4, -0.2) is 68.8 Å². The van der Waals surface area contributed by atoms with Gasteiger partial charge in [0.2, 0.25) is 6.23 Å². The van der Waals surface area contributed by atoms with Crippen molar-refractivity contribution in [2.75, 3.05) is 33.9 Å². The lowest BCUT2D eigenvalue weighted by molar-refractivity contribution is -0.941. The molecular weight excluding hydrogens is 529 g/mol. The summed E-state index contributed by atoms with van der Waals surface area (Å²) in [6.07, 6.45) is 18.1. The SMILES string of the molecule is CCCCCCCCCCCCCCCCOCC(OC(C)=O)C(OP1(=O)OC2CC[N+](C)(C)C(C2)O1)C(C)C. The molecule has 0 aliphatic carbocycles. The number of carbonyl (C=O) groups excluding carboxylic acids is 1. The van der Waals surface area contributed by atoms with Crippen molar-refractivity contribution in [2.24, 2.45) is 5.92 Å². The molecule has 2 rings (SSSR count). The molecule has 8 nitrogen and oxygen atoms in total. The first-order valence-electron chi connectivity index (χ1n) is 16.3. The van der Waals surface area contributed by atoms with E-state index in [-0.39, 0.29) is 24.9 Å². The third kappa shape index (κ3) is 13.6. The van der Waals surface area contributed by atoms with Crippen LogP contribution in [0.15, 0.2) is 0 Å². The molecule has 0 aromatic rings. The summed E-state index contributed by atoms with van der Waals surface area (Å²) >= 11 is 0. The molecule has 5 atom stereocenters. The van der Waals surface area contributed by atoms with Gasteiger partial charge < -0.3 is 14.0 Å². The van der Waals surface area contributed by atoms with E-state index in [0.29, 0.717) is 17.5 Å². The second-order valence-electron chi connectivity index (χ2n) is 12.9. The summed E-state index contributed by atoms with van der Waals surface area (Å²) < 4.78 is 43.6. The Morgan fingerprint density at radius 1 is 0.900 bits per heavy atom. The van der Waals surface area contributed by atoms with Gasteiger partial charge in [0, 0.05) is 20.0 Å².